The molecule has 1 saturated heterocycles. The number of aryl methyl sites for hydroxylation is 2. The molecule has 0 unspecified atom stereocenters. The fourth-order valence-electron chi connectivity index (χ4n) is 2.98. The summed E-state index contributed by atoms with van der Waals surface area (Å²) >= 11 is 0. The third-order valence-electron chi connectivity index (χ3n) is 4.53. The molecule has 1 fully saturated rings. The van der Waals surface area contributed by atoms with Gasteiger partial charge in [0.25, 0.3) is 0 Å². The van der Waals surface area contributed by atoms with E-state index < -0.39 is 10.0 Å². The molecule has 8 heteroatoms. The highest BCUT2D eigenvalue weighted by Gasteiger charge is 2.27. The second kappa shape index (κ2) is 7.63. The standard InChI is InChI=1S/C17H24N4O3S/c1-14-5-3-4-6-16(14)13-25(22,23)21-11-9-20(10-12-21)8-7-17-19-18-15(2)24-17/h3-6H,7-13H2,1-2H3. The summed E-state index contributed by atoms with van der Waals surface area (Å²) in [6.45, 7) is 7.01. The predicted octanol–water partition coefficient (Wildman–Crippen LogP) is 1.38. The molecule has 0 radical (unpaired) electrons. The van der Waals surface area contributed by atoms with Crippen molar-refractivity contribution in [2.75, 3.05) is 32.7 Å². The average molecular weight is 364 g/mol. The highest BCUT2D eigenvalue weighted by Crippen LogP contribution is 2.16. The van der Waals surface area contributed by atoms with Crippen molar-refractivity contribution in [2.45, 2.75) is 26.0 Å². The molecule has 25 heavy (non-hydrogen) atoms. The maximum Gasteiger partial charge on any atom is 0.218 e. The van der Waals surface area contributed by atoms with Crippen LogP contribution in [0.4, 0.5) is 0 Å². The van der Waals surface area contributed by atoms with Crippen LogP contribution in [0.25, 0.3) is 0 Å². The van der Waals surface area contributed by atoms with E-state index in [1.807, 2.05) is 31.2 Å². The van der Waals surface area contributed by atoms with E-state index in [-0.39, 0.29) is 5.75 Å². The molecule has 0 aliphatic carbocycles. The first kappa shape index (κ1) is 18.0. The van der Waals surface area contributed by atoms with Gasteiger partial charge in [-0.3, -0.25) is 0 Å². The fourth-order valence-corrected chi connectivity index (χ4v) is 4.60. The van der Waals surface area contributed by atoms with E-state index in [2.05, 4.69) is 15.1 Å². The van der Waals surface area contributed by atoms with Gasteiger partial charge in [0, 0.05) is 46.1 Å². The molecule has 0 N–H and O–H groups in total. The zero-order valence-corrected chi connectivity index (χ0v) is 15.5. The van der Waals surface area contributed by atoms with Gasteiger partial charge in [-0.1, -0.05) is 24.3 Å². The van der Waals surface area contributed by atoms with Gasteiger partial charge >= 0.3 is 0 Å². The van der Waals surface area contributed by atoms with Crippen LogP contribution in [0.5, 0.6) is 0 Å². The lowest BCUT2D eigenvalue weighted by molar-refractivity contribution is 0.186. The van der Waals surface area contributed by atoms with E-state index in [0.717, 1.165) is 30.8 Å². The molecule has 0 bridgehead atoms. The summed E-state index contributed by atoms with van der Waals surface area (Å²) in [6.07, 6.45) is 0.691. The van der Waals surface area contributed by atoms with Gasteiger partial charge < -0.3 is 9.32 Å². The van der Waals surface area contributed by atoms with E-state index in [4.69, 9.17) is 4.42 Å². The highest BCUT2D eigenvalue weighted by atomic mass is 32.2. The first-order valence-electron chi connectivity index (χ1n) is 8.48. The minimum atomic E-state index is -3.28. The topological polar surface area (TPSA) is 79.5 Å². The summed E-state index contributed by atoms with van der Waals surface area (Å²) in [7, 11) is -3.28. The molecule has 2 heterocycles. The van der Waals surface area contributed by atoms with Crippen molar-refractivity contribution < 1.29 is 12.8 Å². The van der Waals surface area contributed by atoms with Crippen LogP contribution in [-0.4, -0.2) is 60.5 Å². The monoisotopic (exact) mass is 364 g/mol. The summed E-state index contributed by atoms with van der Waals surface area (Å²) < 4.78 is 32.3. The molecule has 1 aromatic carbocycles. The molecule has 1 aliphatic heterocycles. The number of rotatable bonds is 6. The van der Waals surface area contributed by atoms with Gasteiger partial charge in [-0.15, -0.1) is 10.2 Å². The number of hydrogen-bond donors (Lipinski definition) is 0. The summed E-state index contributed by atoms with van der Waals surface area (Å²) in [6, 6.07) is 7.64. The molecule has 3 rings (SSSR count). The van der Waals surface area contributed by atoms with Crippen molar-refractivity contribution in [3.05, 3.63) is 47.2 Å². The number of benzene rings is 1. The highest BCUT2D eigenvalue weighted by molar-refractivity contribution is 7.88. The van der Waals surface area contributed by atoms with Gasteiger partial charge in [-0.05, 0) is 18.1 Å². The van der Waals surface area contributed by atoms with Crippen molar-refractivity contribution in [2.24, 2.45) is 0 Å². The molecular weight excluding hydrogens is 340 g/mol. The van der Waals surface area contributed by atoms with Crippen molar-refractivity contribution in [3.8, 4) is 0 Å². The predicted molar refractivity (Wildman–Crippen MR) is 94.6 cm³/mol. The third-order valence-corrected chi connectivity index (χ3v) is 6.36. The van der Waals surface area contributed by atoms with Crippen molar-refractivity contribution in [1.82, 2.24) is 19.4 Å². The molecule has 0 atom stereocenters. The molecule has 1 aliphatic rings. The van der Waals surface area contributed by atoms with Gasteiger partial charge in [0.1, 0.15) is 0 Å². The number of nitrogens with zero attached hydrogens (tertiary/aromatic N) is 4. The number of piperazine rings is 1. The Hall–Kier alpha value is -1.77. The van der Waals surface area contributed by atoms with Crippen LogP contribution in [0.15, 0.2) is 28.7 Å². The molecule has 1 aromatic heterocycles. The number of aromatic nitrogens is 2. The Morgan fingerprint density at radius 2 is 1.80 bits per heavy atom. The lowest BCUT2D eigenvalue weighted by Gasteiger charge is -2.33. The molecule has 0 amide bonds. The van der Waals surface area contributed by atoms with Gasteiger partial charge in [0.2, 0.25) is 21.8 Å². The smallest absolute Gasteiger partial charge is 0.218 e. The summed E-state index contributed by atoms with van der Waals surface area (Å²) in [5, 5.41) is 7.81. The largest absolute Gasteiger partial charge is 0.426 e. The molecule has 7 nitrogen and oxygen atoms in total. The maximum absolute atomic E-state index is 12.7. The molecule has 0 spiro atoms. The van der Waals surface area contributed by atoms with Crippen LogP contribution in [0, 0.1) is 13.8 Å². The SMILES string of the molecule is Cc1nnc(CCN2CCN(S(=O)(=O)Cc3ccccc3C)CC2)o1. The zero-order chi connectivity index (χ0) is 17.9. The van der Waals surface area contributed by atoms with Crippen LogP contribution in [0.3, 0.4) is 0 Å². The minimum Gasteiger partial charge on any atom is -0.426 e. The Balaban J connectivity index is 1.51. The van der Waals surface area contributed by atoms with Crippen molar-refractivity contribution in [1.29, 1.82) is 0 Å². The van der Waals surface area contributed by atoms with Crippen LogP contribution >= 0.6 is 0 Å². The lowest BCUT2D eigenvalue weighted by atomic mass is 10.1. The Morgan fingerprint density at radius 3 is 2.44 bits per heavy atom. The van der Waals surface area contributed by atoms with Crippen molar-refractivity contribution in [3.63, 3.8) is 0 Å². The first-order valence-corrected chi connectivity index (χ1v) is 10.1. The first-order chi connectivity index (χ1) is 11.9. The molecule has 0 saturated carbocycles. The normalized spacial score (nSPS) is 17.0. The van der Waals surface area contributed by atoms with Crippen LogP contribution in [-0.2, 0) is 22.2 Å². The maximum atomic E-state index is 12.7. The fraction of sp³-hybridized carbons (Fsp3) is 0.529. The summed E-state index contributed by atoms with van der Waals surface area (Å²) in [5.74, 6) is 1.27. The molecule has 136 valence electrons. The number of hydrogen-bond acceptors (Lipinski definition) is 6. The Labute approximate surface area is 148 Å². The van der Waals surface area contributed by atoms with E-state index in [9.17, 15) is 8.42 Å². The van der Waals surface area contributed by atoms with E-state index >= 15 is 0 Å². The summed E-state index contributed by atoms with van der Waals surface area (Å²) in [4.78, 5) is 2.24. The Kier molecular flexibility index (Phi) is 5.51. The third kappa shape index (κ3) is 4.65. The second-order valence-electron chi connectivity index (χ2n) is 6.39. The zero-order valence-electron chi connectivity index (χ0n) is 14.7. The summed E-state index contributed by atoms with van der Waals surface area (Å²) in [5.41, 5.74) is 1.89. The second-order valence-corrected chi connectivity index (χ2v) is 8.36. The molecular formula is C17H24N4O3S. The van der Waals surface area contributed by atoms with Crippen LogP contribution < -0.4 is 0 Å². The Bertz CT molecular complexity index is 811. The van der Waals surface area contributed by atoms with Gasteiger partial charge in [-0.2, -0.15) is 4.31 Å². The lowest BCUT2D eigenvalue weighted by Crippen LogP contribution is -2.49. The van der Waals surface area contributed by atoms with E-state index in [1.54, 1.807) is 11.2 Å². The van der Waals surface area contributed by atoms with Crippen molar-refractivity contribution >= 4 is 10.0 Å². The van der Waals surface area contributed by atoms with E-state index in [0.29, 0.717) is 31.3 Å². The number of sulfonamides is 1. The van der Waals surface area contributed by atoms with Crippen LogP contribution in [0.2, 0.25) is 0 Å². The average Bonchev–Trinajstić information content (AvgIpc) is 3.01. The van der Waals surface area contributed by atoms with E-state index in [1.165, 1.54) is 0 Å². The quantitative estimate of drug-likeness (QED) is 0.770. The van der Waals surface area contributed by atoms with Gasteiger partial charge in [0.05, 0.1) is 5.75 Å². The molecule has 2 aromatic rings. The minimum absolute atomic E-state index is 0.0704. The van der Waals surface area contributed by atoms with Gasteiger partial charge in [-0.25, -0.2) is 8.42 Å². The van der Waals surface area contributed by atoms with Crippen LogP contribution in [0.1, 0.15) is 22.9 Å². The Morgan fingerprint density at radius 1 is 1.08 bits per heavy atom. The van der Waals surface area contributed by atoms with Gasteiger partial charge in [0.15, 0.2) is 0 Å².